The van der Waals surface area contributed by atoms with Gasteiger partial charge in [-0.3, -0.25) is 4.79 Å². The number of hydrogen-bond acceptors (Lipinski definition) is 1. The number of allylic oxidation sites excluding steroid dienone is 4. The van der Waals surface area contributed by atoms with Gasteiger partial charge in [0.15, 0.2) is 5.78 Å². The van der Waals surface area contributed by atoms with E-state index in [1.165, 1.54) is 50.5 Å². The van der Waals surface area contributed by atoms with Crippen LogP contribution in [0.25, 0.3) is 0 Å². The third-order valence-electron chi connectivity index (χ3n) is 9.72. The molecule has 7 atom stereocenters. The quantitative estimate of drug-likeness (QED) is 0.485. The van der Waals surface area contributed by atoms with Crippen LogP contribution in [0.1, 0.15) is 92.4 Å². The highest BCUT2D eigenvalue weighted by Gasteiger charge is 2.58. The van der Waals surface area contributed by atoms with E-state index in [-0.39, 0.29) is 5.41 Å². The molecule has 4 aliphatic rings. The van der Waals surface area contributed by atoms with Crippen LogP contribution in [-0.4, -0.2) is 5.78 Å². The third-order valence-corrected chi connectivity index (χ3v) is 9.72. The highest BCUT2D eigenvalue weighted by atomic mass is 16.1. The van der Waals surface area contributed by atoms with Crippen LogP contribution in [0.2, 0.25) is 0 Å². The van der Waals surface area contributed by atoms with Crippen molar-refractivity contribution in [3.05, 3.63) is 23.8 Å². The fourth-order valence-corrected chi connectivity index (χ4v) is 8.02. The summed E-state index contributed by atoms with van der Waals surface area (Å²) in [5.41, 5.74) is 2.12. The van der Waals surface area contributed by atoms with Crippen LogP contribution >= 0.6 is 0 Å². The Bertz CT molecular complexity index is 670. The molecule has 0 N–H and O–H groups in total. The summed E-state index contributed by atoms with van der Waals surface area (Å²) in [5, 5.41) is 0. The Morgan fingerprint density at radius 2 is 1.82 bits per heavy atom. The maximum atomic E-state index is 12.0. The van der Waals surface area contributed by atoms with E-state index in [9.17, 15) is 4.79 Å². The fourth-order valence-electron chi connectivity index (χ4n) is 8.02. The minimum Gasteiger partial charge on any atom is -0.295 e. The second-order valence-electron chi connectivity index (χ2n) is 11.7. The lowest BCUT2D eigenvalue weighted by Gasteiger charge is -2.56. The van der Waals surface area contributed by atoms with E-state index in [4.69, 9.17) is 0 Å². The van der Waals surface area contributed by atoms with Crippen LogP contribution in [0.15, 0.2) is 23.8 Å². The van der Waals surface area contributed by atoms with Gasteiger partial charge in [-0.25, -0.2) is 0 Å². The van der Waals surface area contributed by atoms with Gasteiger partial charge in [0.05, 0.1) is 0 Å². The average Bonchev–Trinajstić information content (AvgIpc) is 2.99. The second kappa shape index (κ2) is 7.44. The standard InChI is InChI=1S/C27H42O/c1-18(2)7-6-8-19(3)23-11-12-24-22-10-9-20-17-21(28)13-15-26(20,4)25(22)14-16-27(23,24)5/h9-10,17-19,22-25H,6-8,11-16H2,1-5H3/t19?,22?,23?,24?,25?,26?,27-/m1/s1. The van der Waals surface area contributed by atoms with E-state index >= 15 is 0 Å². The normalized spacial score (nSPS) is 43.4. The molecule has 0 radical (unpaired) electrons. The number of fused-ring (bicyclic) bond motifs is 5. The summed E-state index contributed by atoms with van der Waals surface area (Å²) >= 11 is 0. The van der Waals surface area contributed by atoms with E-state index in [1.54, 1.807) is 0 Å². The van der Waals surface area contributed by atoms with E-state index in [2.05, 4.69) is 46.8 Å². The van der Waals surface area contributed by atoms with Crippen molar-refractivity contribution >= 4 is 5.78 Å². The van der Waals surface area contributed by atoms with Crippen molar-refractivity contribution in [3.8, 4) is 0 Å². The molecular formula is C27H42O. The van der Waals surface area contributed by atoms with Crippen LogP contribution in [0.4, 0.5) is 0 Å². The van der Waals surface area contributed by atoms with Gasteiger partial charge in [-0.15, -0.1) is 0 Å². The van der Waals surface area contributed by atoms with Crippen LogP contribution in [0, 0.1) is 46.3 Å². The molecule has 0 bridgehead atoms. The van der Waals surface area contributed by atoms with Gasteiger partial charge in [0.2, 0.25) is 0 Å². The Labute approximate surface area is 173 Å². The largest absolute Gasteiger partial charge is 0.295 e. The zero-order valence-corrected chi connectivity index (χ0v) is 19.0. The monoisotopic (exact) mass is 382 g/mol. The first kappa shape index (κ1) is 20.4. The smallest absolute Gasteiger partial charge is 0.156 e. The topological polar surface area (TPSA) is 17.1 Å². The Hall–Kier alpha value is -0.850. The number of rotatable bonds is 5. The summed E-state index contributed by atoms with van der Waals surface area (Å²) in [4.78, 5) is 12.0. The third kappa shape index (κ3) is 3.25. The maximum Gasteiger partial charge on any atom is 0.156 e. The molecule has 0 aromatic heterocycles. The first-order valence-corrected chi connectivity index (χ1v) is 12.2. The molecule has 156 valence electrons. The molecule has 2 fully saturated rings. The van der Waals surface area contributed by atoms with Gasteiger partial charge in [0, 0.05) is 6.42 Å². The highest BCUT2D eigenvalue weighted by Crippen LogP contribution is 2.66. The van der Waals surface area contributed by atoms with Gasteiger partial charge in [0.25, 0.3) is 0 Å². The van der Waals surface area contributed by atoms with Crippen LogP contribution < -0.4 is 0 Å². The average molecular weight is 383 g/mol. The Morgan fingerprint density at radius 3 is 2.57 bits per heavy atom. The van der Waals surface area contributed by atoms with Crippen LogP contribution in [0.3, 0.4) is 0 Å². The maximum absolute atomic E-state index is 12.0. The first-order valence-electron chi connectivity index (χ1n) is 12.2. The number of carbonyl (C=O) groups excluding carboxylic acids is 1. The molecule has 1 heteroatoms. The van der Waals surface area contributed by atoms with Crippen molar-refractivity contribution in [3.63, 3.8) is 0 Å². The van der Waals surface area contributed by atoms with Crippen molar-refractivity contribution in [1.29, 1.82) is 0 Å². The Kier molecular flexibility index (Phi) is 5.43. The van der Waals surface area contributed by atoms with Gasteiger partial charge in [0.1, 0.15) is 0 Å². The summed E-state index contributed by atoms with van der Waals surface area (Å²) in [6.45, 7) is 12.4. The Morgan fingerprint density at radius 1 is 1.04 bits per heavy atom. The fraction of sp³-hybridized carbons (Fsp3) is 0.815. The summed E-state index contributed by atoms with van der Waals surface area (Å²) in [5.74, 6) is 5.32. The van der Waals surface area contributed by atoms with Crippen molar-refractivity contribution in [1.82, 2.24) is 0 Å². The molecule has 4 rings (SSSR count). The van der Waals surface area contributed by atoms with E-state index < -0.39 is 0 Å². The van der Waals surface area contributed by atoms with E-state index in [1.807, 2.05) is 6.08 Å². The molecule has 0 aliphatic heterocycles. The first-order chi connectivity index (χ1) is 13.3. The van der Waals surface area contributed by atoms with Crippen molar-refractivity contribution in [2.45, 2.75) is 92.4 Å². The molecule has 0 saturated heterocycles. The number of ketones is 1. The predicted molar refractivity (Wildman–Crippen MR) is 118 cm³/mol. The van der Waals surface area contributed by atoms with Gasteiger partial charge in [-0.1, -0.05) is 66.0 Å². The molecule has 0 heterocycles. The molecule has 0 aromatic rings. The summed E-state index contributed by atoms with van der Waals surface area (Å²) < 4.78 is 0. The summed E-state index contributed by atoms with van der Waals surface area (Å²) in [6.07, 6.45) is 18.5. The summed E-state index contributed by atoms with van der Waals surface area (Å²) in [7, 11) is 0. The molecule has 1 nitrogen and oxygen atoms in total. The second-order valence-corrected chi connectivity index (χ2v) is 11.7. The lowest BCUT2D eigenvalue weighted by molar-refractivity contribution is -0.116. The van der Waals surface area contributed by atoms with Crippen molar-refractivity contribution in [2.75, 3.05) is 0 Å². The molecular weight excluding hydrogens is 340 g/mol. The lowest BCUT2D eigenvalue weighted by Crippen LogP contribution is -2.49. The SMILES string of the molecule is CC(C)CCCC(C)C1CCC2C3C=CC4=CC(=O)CCC4(C)C3CC[C@]12C. The van der Waals surface area contributed by atoms with Gasteiger partial charge >= 0.3 is 0 Å². The minimum atomic E-state index is 0.246. The lowest BCUT2D eigenvalue weighted by atomic mass is 9.48. The molecule has 4 aliphatic carbocycles. The van der Waals surface area contributed by atoms with Crippen molar-refractivity contribution < 1.29 is 4.79 Å². The number of carbonyl (C=O) groups is 1. The van der Waals surface area contributed by atoms with Gasteiger partial charge < -0.3 is 0 Å². The van der Waals surface area contributed by atoms with E-state index in [0.29, 0.717) is 11.2 Å². The van der Waals surface area contributed by atoms with Crippen LogP contribution in [-0.2, 0) is 4.79 Å². The molecule has 0 aromatic carbocycles. The van der Waals surface area contributed by atoms with Gasteiger partial charge in [-0.05, 0) is 90.1 Å². The Balaban J connectivity index is 1.53. The molecule has 0 amide bonds. The molecule has 0 spiro atoms. The van der Waals surface area contributed by atoms with Crippen LogP contribution in [0.5, 0.6) is 0 Å². The van der Waals surface area contributed by atoms with Crippen molar-refractivity contribution in [2.24, 2.45) is 46.3 Å². The minimum absolute atomic E-state index is 0.246. The molecule has 28 heavy (non-hydrogen) atoms. The molecule has 6 unspecified atom stereocenters. The molecule has 2 saturated carbocycles. The zero-order valence-electron chi connectivity index (χ0n) is 19.0. The number of hydrogen-bond donors (Lipinski definition) is 0. The summed E-state index contributed by atoms with van der Waals surface area (Å²) in [6, 6.07) is 0. The predicted octanol–water partition coefficient (Wildman–Crippen LogP) is 7.37. The van der Waals surface area contributed by atoms with E-state index in [0.717, 1.165) is 48.3 Å². The zero-order chi connectivity index (χ0) is 20.1. The highest BCUT2D eigenvalue weighted by molar-refractivity contribution is 5.92. The van der Waals surface area contributed by atoms with Gasteiger partial charge in [-0.2, -0.15) is 0 Å².